The molecule has 0 spiro atoms. The zero-order chi connectivity index (χ0) is 18.1. The van der Waals surface area contributed by atoms with Gasteiger partial charge in [-0.1, -0.05) is 54.1 Å². The first-order valence-corrected chi connectivity index (χ1v) is 8.43. The van der Waals surface area contributed by atoms with E-state index in [9.17, 15) is 9.59 Å². The van der Waals surface area contributed by atoms with E-state index in [1.54, 1.807) is 18.2 Å². The summed E-state index contributed by atoms with van der Waals surface area (Å²) in [6.07, 6.45) is 1.47. The summed E-state index contributed by atoms with van der Waals surface area (Å²) in [5.74, 6) is -0.562. The van der Waals surface area contributed by atoms with Crippen LogP contribution in [0.15, 0.2) is 65.8 Å². The number of anilines is 1. The summed E-state index contributed by atoms with van der Waals surface area (Å²) >= 11 is 6.04. The molecule has 3 aromatic carbocycles. The summed E-state index contributed by atoms with van der Waals surface area (Å²) in [4.78, 5) is 26.4. The lowest BCUT2D eigenvalue weighted by molar-refractivity contribution is -0.119. The van der Waals surface area contributed by atoms with Crippen molar-refractivity contribution < 1.29 is 9.59 Å². The van der Waals surface area contributed by atoms with Crippen LogP contribution >= 0.6 is 11.6 Å². The van der Waals surface area contributed by atoms with E-state index in [1.165, 1.54) is 11.1 Å². The number of carbonyl (C=O) groups excluding carboxylic acids is 2. The molecule has 0 aliphatic carbocycles. The normalized spacial score (nSPS) is 13.0. The Morgan fingerprint density at radius 2 is 1.85 bits per heavy atom. The van der Waals surface area contributed by atoms with Crippen molar-refractivity contribution in [2.45, 2.75) is 0 Å². The molecule has 0 fully saturated rings. The predicted molar refractivity (Wildman–Crippen MR) is 103 cm³/mol. The first-order chi connectivity index (χ1) is 12.6. The highest BCUT2D eigenvalue weighted by Crippen LogP contribution is 2.36. The van der Waals surface area contributed by atoms with Crippen molar-refractivity contribution >= 4 is 46.1 Å². The molecule has 5 nitrogen and oxygen atoms in total. The second-order valence-electron chi connectivity index (χ2n) is 5.89. The van der Waals surface area contributed by atoms with Gasteiger partial charge < -0.3 is 0 Å². The van der Waals surface area contributed by atoms with Gasteiger partial charge >= 0.3 is 0 Å². The molecule has 26 heavy (non-hydrogen) atoms. The lowest BCUT2D eigenvalue weighted by Crippen LogP contribution is -2.37. The summed E-state index contributed by atoms with van der Waals surface area (Å²) in [5, 5.41) is 6.33. The molecule has 0 atom stereocenters. The van der Waals surface area contributed by atoms with Crippen molar-refractivity contribution in [3.05, 3.63) is 76.8 Å². The number of benzene rings is 3. The third-order valence-corrected chi connectivity index (χ3v) is 4.59. The molecular formula is C20H14ClN3O2. The summed E-state index contributed by atoms with van der Waals surface area (Å²) < 4.78 is 0. The standard InChI is InChI=1S/C20H14ClN3O2/c21-16-9-2-1-5-14(16)11-22-23-18(25)12-24-17-10-4-7-13-6-3-8-15(19(13)17)20(24)26/h1-11H,12H2,(H,23,25)/b22-11+. The molecule has 1 N–H and O–H groups in total. The van der Waals surface area contributed by atoms with Crippen LogP contribution in [-0.4, -0.2) is 24.6 Å². The Kier molecular flexibility index (Phi) is 4.14. The number of hydrogen-bond donors (Lipinski definition) is 1. The first kappa shape index (κ1) is 16.3. The van der Waals surface area contributed by atoms with Crippen molar-refractivity contribution in [2.75, 3.05) is 11.4 Å². The van der Waals surface area contributed by atoms with Crippen molar-refractivity contribution in [1.82, 2.24) is 5.43 Å². The molecule has 0 radical (unpaired) electrons. The molecule has 1 heterocycles. The second-order valence-corrected chi connectivity index (χ2v) is 6.29. The average molecular weight is 364 g/mol. The highest BCUT2D eigenvalue weighted by molar-refractivity contribution is 6.33. The third-order valence-electron chi connectivity index (χ3n) is 4.25. The van der Waals surface area contributed by atoms with E-state index in [4.69, 9.17) is 11.6 Å². The molecule has 0 saturated carbocycles. The molecule has 128 valence electrons. The van der Waals surface area contributed by atoms with E-state index in [-0.39, 0.29) is 18.4 Å². The minimum absolute atomic E-state index is 0.105. The van der Waals surface area contributed by atoms with E-state index in [0.717, 1.165) is 16.5 Å². The van der Waals surface area contributed by atoms with Crippen LogP contribution in [-0.2, 0) is 4.79 Å². The minimum atomic E-state index is -0.383. The fourth-order valence-electron chi connectivity index (χ4n) is 3.07. The van der Waals surface area contributed by atoms with E-state index in [0.29, 0.717) is 16.1 Å². The van der Waals surface area contributed by atoms with Crippen LogP contribution in [0.25, 0.3) is 10.8 Å². The Bertz CT molecular complexity index is 1060. The van der Waals surface area contributed by atoms with Gasteiger partial charge in [-0.05, 0) is 23.6 Å². The van der Waals surface area contributed by atoms with Gasteiger partial charge in [-0.15, -0.1) is 0 Å². The number of hydrogen-bond acceptors (Lipinski definition) is 3. The average Bonchev–Trinajstić information content (AvgIpc) is 2.91. The molecule has 0 bridgehead atoms. The molecule has 0 aromatic heterocycles. The second kappa shape index (κ2) is 6.61. The maximum absolute atomic E-state index is 12.6. The fourth-order valence-corrected chi connectivity index (χ4v) is 3.25. The predicted octanol–water partition coefficient (Wildman–Crippen LogP) is 3.60. The fraction of sp³-hybridized carbons (Fsp3) is 0.0500. The third kappa shape index (κ3) is 2.82. The number of halogens is 1. The maximum Gasteiger partial charge on any atom is 0.260 e. The molecule has 2 amide bonds. The lowest BCUT2D eigenvalue weighted by atomic mass is 10.1. The van der Waals surface area contributed by atoms with Crippen LogP contribution < -0.4 is 10.3 Å². The zero-order valence-electron chi connectivity index (χ0n) is 13.6. The number of nitrogens with zero attached hydrogens (tertiary/aromatic N) is 2. The van der Waals surface area contributed by atoms with Gasteiger partial charge in [0.2, 0.25) is 0 Å². The minimum Gasteiger partial charge on any atom is -0.298 e. The van der Waals surface area contributed by atoms with Crippen LogP contribution in [0.3, 0.4) is 0 Å². The largest absolute Gasteiger partial charge is 0.298 e. The van der Waals surface area contributed by atoms with Gasteiger partial charge in [-0.25, -0.2) is 5.43 Å². The number of hydrazone groups is 1. The Hall–Kier alpha value is -3.18. The highest BCUT2D eigenvalue weighted by atomic mass is 35.5. The molecule has 1 aliphatic heterocycles. The Labute approximate surface area is 154 Å². The number of rotatable bonds is 4. The van der Waals surface area contributed by atoms with Crippen molar-refractivity contribution in [2.24, 2.45) is 5.10 Å². The van der Waals surface area contributed by atoms with Crippen LogP contribution in [0.1, 0.15) is 15.9 Å². The van der Waals surface area contributed by atoms with E-state index >= 15 is 0 Å². The smallest absolute Gasteiger partial charge is 0.260 e. The van der Waals surface area contributed by atoms with Crippen LogP contribution in [0.5, 0.6) is 0 Å². The summed E-state index contributed by atoms with van der Waals surface area (Å²) in [6.45, 7) is -0.105. The van der Waals surface area contributed by atoms with Crippen LogP contribution in [0.2, 0.25) is 5.02 Å². The summed E-state index contributed by atoms with van der Waals surface area (Å²) in [5.41, 5.74) is 4.50. The summed E-state index contributed by atoms with van der Waals surface area (Å²) in [6, 6.07) is 18.4. The first-order valence-electron chi connectivity index (χ1n) is 8.05. The molecule has 1 aliphatic rings. The monoisotopic (exact) mass is 363 g/mol. The number of carbonyl (C=O) groups is 2. The molecule has 3 aromatic rings. The van der Waals surface area contributed by atoms with Gasteiger partial charge in [-0.2, -0.15) is 5.10 Å². The molecule has 6 heteroatoms. The SMILES string of the molecule is O=C(CN1C(=O)c2cccc3cccc1c23)N/N=C/c1ccccc1Cl. The van der Waals surface area contributed by atoms with Gasteiger partial charge in [0.25, 0.3) is 11.8 Å². The molecule has 0 unspecified atom stereocenters. The summed E-state index contributed by atoms with van der Waals surface area (Å²) in [7, 11) is 0. The quantitative estimate of drug-likeness (QED) is 0.568. The van der Waals surface area contributed by atoms with E-state index in [1.807, 2.05) is 42.5 Å². The van der Waals surface area contributed by atoms with Gasteiger partial charge in [0, 0.05) is 21.5 Å². The molecule has 0 saturated heterocycles. The Morgan fingerprint density at radius 1 is 1.08 bits per heavy atom. The van der Waals surface area contributed by atoms with Crippen molar-refractivity contribution in [3.63, 3.8) is 0 Å². The topological polar surface area (TPSA) is 61.8 Å². The highest BCUT2D eigenvalue weighted by Gasteiger charge is 2.30. The Balaban J connectivity index is 1.50. The Morgan fingerprint density at radius 3 is 2.65 bits per heavy atom. The van der Waals surface area contributed by atoms with Gasteiger partial charge in [0.05, 0.1) is 11.9 Å². The van der Waals surface area contributed by atoms with Gasteiger partial charge in [0.1, 0.15) is 6.54 Å². The molecular weight excluding hydrogens is 350 g/mol. The van der Waals surface area contributed by atoms with Crippen molar-refractivity contribution in [1.29, 1.82) is 0 Å². The zero-order valence-corrected chi connectivity index (χ0v) is 14.4. The maximum atomic E-state index is 12.6. The van der Waals surface area contributed by atoms with E-state index in [2.05, 4.69) is 10.5 Å². The lowest BCUT2D eigenvalue weighted by Gasteiger charge is -2.16. The van der Waals surface area contributed by atoms with Crippen molar-refractivity contribution in [3.8, 4) is 0 Å². The van der Waals surface area contributed by atoms with Crippen LogP contribution in [0.4, 0.5) is 5.69 Å². The number of nitrogens with one attached hydrogen (secondary N) is 1. The van der Waals surface area contributed by atoms with Gasteiger partial charge in [0.15, 0.2) is 0 Å². The van der Waals surface area contributed by atoms with Gasteiger partial charge in [-0.3, -0.25) is 14.5 Å². The molecule has 4 rings (SSSR count). The van der Waals surface area contributed by atoms with E-state index < -0.39 is 0 Å². The van der Waals surface area contributed by atoms with Crippen LogP contribution in [0, 0.1) is 0 Å². The number of amides is 2.